The van der Waals surface area contributed by atoms with Gasteiger partial charge in [-0.2, -0.15) is 0 Å². The predicted octanol–water partition coefficient (Wildman–Crippen LogP) is 7.93. The maximum atomic E-state index is 14.7. The van der Waals surface area contributed by atoms with E-state index in [0.29, 0.717) is 37.9 Å². The van der Waals surface area contributed by atoms with E-state index in [-0.39, 0.29) is 47.5 Å². The fourth-order valence-electron chi connectivity index (χ4n) is 10.1. The van der Waals surface area contributed by atoms with Gasteiger partial charge in [0.15, 0.2) is 17.2 Å². The van der Waals surface area contributed by atoms with Gasteiger partial charge in [-0.3, -0.25) is 19.2 Å². The Bertz CT molecular complexity index is 2140. The Morgan fingerprint density at radius 3 is 2.24 bits per heavy atom. The van der Waals surface area contributed by atoms with Crippen LogP contribution in [0.1, 0.15) is 93.9 Å². The van der Waals surface area contributed by atoms with Crippen LogP contribution >= 0.6 is 0 Å². The zero-order chi connectivity index (χ0) is 40.2. The molecule has 55 heavy (non-hydrogen) atoms. The summed E-state index contributed by atoms with van der Waals surface area (Å²) in [7, 11) is 0. The molecule has 0 saturated carbocycles. The number of aliphatic hydroxyl groups excluding tert-OH is 2. The number of hydrogen-bond acceptors (Lipinski definition) is 9. The molecule has 3 aromatic rings. The van der Waals surface area contributed by atoms with Crippen molar-refractivity contribution in [3.63, 3.8) is 0 Å². The molecule has 290 valence electrons. The van der Waals surface area contributed by atoms with E-state index in [1.807, 2.05) is 57.2 Å². The minimum Gasteiger partial charge on any atom is -0.511 e. The maximum Gasteiger partial charge on any atom is 0.309 e. The fraction of sp³-hybridized carbons (Fsp3) is 0.435. The number of Topliss-reactive ketones (excluding diaryl/α,β-unsaturated/α-hetero) is 3. The summed E-state index contributed by atoms with van der Waals surface area (Å²) in [6, 6.07) is 19.3. The van der Waals surface area contributed by atoms with Crippen molar-refractivity contribution in [1.82, 2.24) is 0 Å². The minimum absolute atomic E-state index is 0.0112. The van der Waals surface area contributed by atoms with Gasteiger partial charge in [0.2, 0.25) is 5.78 Å². The van der Waals surface area contributed by atoms with Gasteiger partial charge in [-0.25, -0.2) is 0 Å². The minimum atomic E-state index is -2.67. The van der Waals surface area contributed by atoms with E-state index in [2.05, 4.69) is 12.1 Å². The van der Waals surface area contributed by atoms with Gasteiger partial charge in [-0.05, 0) is 97.7 Å². The van der Waals surface area contributed by atoms with E-state index in [1.165, 1.54) is 6.07 Å². The van der Waals surface area contributed by atoms with E-state index in [4.69, 9.17) is 4.74 Å². The second-order valence-electron chi connectivity index (χ2n) is 16.5. The number of aliphatic hydroxyl groups is 3. The van der Waals surface area contributed by atoms with Crippen molar-refractivity contribution in [1.29, 1.82) is 0 Å². The average Bonchev–Trinajstić information content (AvgIpc) is 3.11. The number of allylic oxidation sites excluding steroid dienone is 2. The van der Waals surface area contributed by atoms with Gasteiger partial charge < -0.3 is 25.2 Å². The number of benzene rings is 3. The molecule has 0 aromatic heterocycles. The highest BCUT2D eigenvalue weighted by molar-refractivity contribution is 6.25. The highest BCUT2D eigenvalue weighted by Gasteiger charge is 2.71. The Morgan fingerprint density at radius 2 is 1.62 bits per heavy atom. The van der Waals surface area contributed by atoms with Gasteiger partial charge in [0.25, 0.3) is 0 Å². The standard InChI is InChI=1S/C46H52O9/c1-8-29-17-15-28(16-18-30(43(53)55-9-2)21-27-13-11-10-12-14-27)22-32(29)31-19-20-34(48)36-33(31)23-44(6)24-45(7)37(25(3)4)39(49)35(26(5)47)41(51)46(45,54)42(52)38(44)40(36)50/h10-15,17,19-20,22,25,30,37,48-49,52,54H,8-9,16,18,21,23-24H2,1-7H3/t30?,37?,44-,45-,46+/m1/s1. The fourth-order valence-corrected chi connectivity index (χ4v) is 10.1. The Kier molecular flexibility index (Phi) is 10.5. The number of phenols is 1. The van der Waals surface area contributed by atoms with Gasteiger partial charge in [-0.1, -0.05) is 89.2 Å². The number of fused-ring (bicyclic) bond motifs is 3. The normalized spacial score (nSPS) is 25.4. The van der Waals surface area contributed by atoms with E-state index in [0.717, 1.165) is 34.7 Å². The number of phenolic OH excluding ortho intramolecular Hbond substituents is 1. The number of ether oxygens (including phenoxy) is 1. The van der Waals surface area contributed by atoms with Crippen LogP contribution in [0, 0.1) is 28.6 Å². The molecule has 9 nitrogen and oxygen atoms in total. The Labute approximate surface area is 322 Å². The summed E-state index contributed by atoms with van der Waals surface area (Å²) in [6.45, 7) is 12.3. The van der Waals surface area contributed by atoms with Crippen molar-refractivity contribution in [3.05, 3.63) is 111 Å². The zero-order valence-corrected chi connectivity index (χ0v) is 32.8. The van der Waals surface area contributed by atoms with Crippen LogP contribution in [-0.2, 0) is 44.8 Å². The van der Waals surface area contributed by atoms with Crippen LogP contribution in [0.5, 0.6) is 5.75 Å². The largest absolute Gasteiger partial charge is 0.511 e. The van der Waals surface area contributed by atoms with Crippen LogP contribution in [0.4, 0.5) is 0 Å². The maximum absolute atomic E-state index is 14.7. The van der Waals surface area contributed by atoms with Crippen molar-refractivity contribution in [2.45, 2.75) is 92.6 Å². The second kappa shape index (κ2) is 14.6. The molecule has 5 atom stereocenters. The van der Waals surface area contributed by atoms with Crippen molar-refractivity contribution >= 4 is 23.3 Å². The SMILES string of the molecule is CCOC(=O)C(CCc1ccc(CC)c(-c2ccc(O)c3c2C[C@]2(C)C[C@]4(C)C(C(C)C)C(O)=C(C(C)=O)C(=O)[C@]4(O)C(O)=C2C3=O)c1)Cc1ccccc1. The second-order valence-corrected chi connectivity index (χ2v) is 16.5. The number of rotatable bonds is 11. The zero-order valence-electron chi connectivity index (χ0n) is 32.8. The number of esters is 1. The lowest BCUT2D eigenvalue weighted by Gasteiger charge is -2.59. The molecule has 0 spiro atoms. The van der Waals surface area contributed by atoms with Crippen molar-refractivity contribution in [2.24, 2.45) is 28.6 Å². The van der Waals surface area contributed by atoms with E-state index < -0.39 is 56.8 Å². The summed E-state index contributed by atoms with van der Waals surface area (Å²) in [5, 5.41) is 47.2. The van der Waals surface area contributed by atoms with Gasteiger partial charge in [0.05, 0.1) is 18.1 Å². The molecule has 4 N–H and O–H groups in total. The molecule has 0 bridgehead atoms. The van der Waals surface area contributed by atoms with Crippen LogP contribution in [0.25, 0.3) is 11.1 Å². The topological polar surface area (TPSA) is 158 Å². The summed E-state index contributed by atoms with van der Waals surface area (Å²) in [5.74, 6) is -6.01. The van der Waals surface area contributed by atoms with Gasteiger partial charge in [0.1, 0.15) is 22.8 Å². The van der Waals surface area contributed by atoms with Crippen LogP contribution in [-0.4, -0.2) is 56.0 Å². The van der Waals surface area contributed by atoms with E-state index in [1.54, 1.807) is 26.8 Å². The summed E-state index contributed by atoms with van der Waals surface area (Å²) in [5.41, 5.74) is -0.872. The molecule has 0 saturated heterocycles. The number of carbonyl (C=O) groups is 4. The summed E-state index contributed by atoms with van der Waals surface area (Å²) >= 11 is 0. The molecule has 3 aromatic carbocycles. The third-order valence-corrected chi connectivity index (χ3v) is 12.5. The number of ketones is 3. The predicted molar refractivity (Wildman–Crippen MR) is 209 cm³/mol. The molecule has 0 heterocycles. The lowest BCUT2D eigenvalue weighted by atomic mass is 9.44. The molecule has 3 aliphatic rings. The van der Waals surface area contributed by atoms with Crippen LogP contribution in [0.2, 0.25) is 0 Å². The smallest absolute Gasteiger partial charge is 0.309 e. The molecular weight excluding hydrogens is 696 g/mol. The monoisotopic (exact) mass is 748 g/mol. The molecule has 6 rings (SSSR count). The van der Waals surface area contributed by atoms with E-state index in [9.17, 15) is 39.6 Å². The number of aromatic hydroxyl groups is 1. The number of carbonyl (C=O) groups excluding carboxylic acids is 4. The molecule has 0 radical (unpaired) electrons. The first-order valence-electron chi connectivity index (χ1n) is 19.3. The van der Waals surface area contributed by atoms with Crippen molar-refractivity contribution in [2.75, 3.05) is 6.61 Å². The first-order chi connectivity index (χ1) is 25.9. The first kappa shape index (κ1) is 39.7. The lowest BCUT2D eigenvalue weighted by molar-refractivity contribution is -0.171. The molecule has 0 amide bonds. The Balaban J connectivity index is 1.45. The summed E-state index contributed by atoms with van der Waals surface area (Å²) < 4.78 is 5.45. The molecule has 3 aliphatic carbocycles. The van der Waals surface area contributed by atoms with Crippen LogP contribution in [0.15, 0.2) is 83.3 Å². The Morgan fingerprint density at radius 1 is 0.927 bits per heavy atom. The van der Waals surface area contributed by atoms with Crippen LogP contribution < -0.4 is 0 Å². The van der Waals surface area contributed by atoms with Gasteiger partial charge in [0, 0.05) is 22.3 Å². The quantitative estimate of drug-likeness (QED) is 0.113. The third-order valence-electron chi connectivity index (χ3n) is 12.5. The summed E-state index contributed by atoms with van der Waals surface area (Å²) in [4.78, 5) is 54.5. The average molecular weight is 749 g/mol. The highest BCUT2D eigenvalue weighted by atomic mass is 16.5. The first-order valence-corrected chi connectivity index (χ1v) is 19.3. The van der Waals surface area contributed by atoms with E-state index >= 15 is 0 Å². The number of aryl methyl sites for hydroxylation is 2. The Hall–Kier alpha value is -5.02. The molecule has 2 unspecified atom stereocenters. The molecule has 0 fully saturated rings. The van der Waals surface area contributed by atoms with Crippen molar-refractivity contribution < 1.29 is 44.3 Å². The molecule has 9 heteroatoms. The van der Waals surface area contributed by atoms with Gasteiger partial charge >= 0.3 is 5.97 Å². The lowest BCUT2D eigenvalue weighted by Crippen LogP contribution is -2.67. The summed E-state index contributed by atoms with van der Waals surface area (Å²) in [6.07, 6.45) is 2.55. The van der Waals surface area contributed by atoms with Gasteiger partial charge in [-0.15, -0.1) is 0 Å². The highest BCUT2D eigenvalue weighted by Crippen LogP contribution is 2.65. The molecule has 0 aliphatic heterocycles. The van der Waals surface area contributed by atoms with Crippen LogP contribution in [0.3, 0.4) is 0 Å². The van der Waals surface area contributed by atoms with Crippen molar-refractivity contribution in [3.8, 4) is 16.9 Å². The molecular formula is C46H52O9. The number of hydrogen-bond donors (Lipinski definition) is 4. The third kappa shape index (κ3) is 6.30.